The van der Waals surface area contributed by atoms with Gasteiger partial charge in [0, 0.05) is 23.7 Å². The van der Waals surface area contributed by atoms with Crippen LogP contribution in [0, 0.1) is 6.92 Å². The molecular weight excluding hydrogens is 344 g/mol. The number of aryl methyl sites for hydroxylation is 2. The maximum absolute atomic E-state index is 5.41. The van der Waals surface area contributed by atoms with Gasteiger partial charge in [-0.15, -0.1) is 0 Å². The monoisotopic (exact) mass is 372 g/mol. The van der Waals surface area contributed by atoms with Crippen LogP contribution < -0.4 is 10.6 Å². The molecule has 0 heterocycles. The molecule has 2 nitrogen and oxygen atoms in total. The maximum Gasteiger partial charge on any atom is 0.170 e. The van der Waals surface area contributed by atoms with Crippen molar-refractivity contribution in [3.05, 3.63) is 65.2 Å². The van der Waals surface area contributed by atoms with E-state index in [4.69, 9.17) is 12.2 Å². The Morgan fingerprint density at radius 2 is 1.88 bits per heavy atom. The van der Waals surface area contributed by atoms with Crippen LogP contribution in [0.1, 0.15) is 36.5 Å². The minimum absolute atomic E-state index is 0.699. The molecule has 0 aliphatic heterocycles. The first-order valence-electron chi connectivity index (χ1n) is 8.95. The van der Waals surface area contributed by atoms with Crippen molar-refractivity contribution in [2.45, 2.75) is 38.9 Å². The van der Waals surface area contributed by atoms with Crippen molar-refractivity contribution in [1.82, 2.24) is 5.32 Å². The van der Waals surface area contributed by atoms with Crippen molar-refractivity contribution < 1.29 is 0 Å². The molecular formula is C21H28N2S2. The Kier molecular flexibility index (Phi) is 8.84. The van der Waals surface area contributed by atoms with Gasteiger partial charge in [-0.05, 0) is 54.7 Å². The minimum Gasteiger partial charge on any atom is -0.362 e. The third-order valence-electron chi connectivity index (χ3n) is 4.00. The third-order valence-corrected chi connectivity index (χ3v) is 5.28. The largest absolute Gasteiger partial charge is 0.362 e. The van der Waals surface area contributed by atoms with E-state index in [1.165, 1.54) is 29.5 Å². The van der Waals surface area contributed by atoms with Crippen molar-refractivity contribution in [3.8, 4) is 0 Å². The zero-order valence-electron chi connectivity index (χ0n) is 15.2. The van der Waals surface area contributed by atoms with Crippen LogP contribution in [0.2, 0.25) is 0 Å². The number of rotatable bonds is 9. The maximum atomic E-state index is 5.41. The van der Waals surface area contributed by atoms with E-state index in [9.17, 15) is 0 Å². The standard InChI is InChI=1S/C21H28N2S2/c1-3-4-8-18-11-12-20(17(2)15-18)23-21(24)22-13-14-25-16-19-9-6-5-7-10-19/h5-7,9-12,15H,3-4,8,13-14,16H2,1-2H3,(H2,22,23,24). The number of unbranched alkanes of at least 4 members (excludes halogenated alkanes) is 1. The Balaban J connectivity index is 1.67. The van der Waals surface area contributed by atoms with E-state index in [-0.39, 0.29) is 0 Å². The van der Waals surface area contributed by atoms with Gasteiger partial charge in [0.05, 0.1) is 0 Å². The van der Waals surface area contributed by atoms with Crippen LogP contribution in [-0.4, -0.2) is 17.4 Å². The average Bonchev–Trinajstić information content (AvgIpc) is 2.62. The van der Waals surface area contributed by atoms with Crippen LogP contribution in [0.5, 0.6) is 0 Å². The molecule has 0 radical (unpaired) electrons. The molecule has 0 aliphatic rings. The molecule has 0 saturated carbocycles. The lowest BCUT2D eigenvalue weighted by molar-refractivity contribution is 0.794. The van der Waals surface area contributed by atoms with Gasteiger partial charge >= 0.3 is 0 Å². The van der Waals surface area contributed by atoms with Gasteiger partial charge in [0.15, 0.2) is 5.11 Å². The number of thioether (sulfide) groups is 1. The van der Waals surface area contributed by atoms with Crippen LogP contribution in [0.15, 0.2) is 48.5 Å². The number of benzene rings is 2. The highest BCUT2D eigenvalue weighted by atomic mass is 32.2. The Hall–Kier alpha value is -1.52. The molecule has 0 fully saturated rings. The fraction of sp³-hybridized carbons (Fsp3) is 0.381. The van der Waals surface area contributed by atoms with Gasteiger partial charge < -0.3 is 10.6 Å². The molecule has 2 aromatic carbocycles. The lowest BCUT2D eigenvalue weighted by Gasteiger charge is -2.13. The predicted octanol–water partition coefficient (Wildman–Crippen LogP) is 5.56. The van der Waals surface area contributed by atoms with Crippen LogP contribution in [0.25, 0.3) is 0 Å². The van der Waals surface area contributed by atoms with Gasteiger partial charge in [-0.3, -0.25) is 0 Å². The van der Waals surface area contributed by atoms with Crippen molar-refractivity contribution >= 4 is 34.8 Å². The molecule has 0 spiro atoms. The van der Waals surface area contributed by atoms with E-state index < -0.39 is 0 Å². The molecule has 0 aromatic heterocycles. The van der Waals surface area contributed by atoms with Gasteiger partial charge in [-0.1, -0.05) is 55.8 Å². The molecule has 0 atom stereocenters. The molecule has 0 bridgehead atoms. The third kappa shape index (κ3) is 7.49. The number of anilines is 1. The lowest BCUT2D eigenvalue weighted by Crippen LogP contribution is -2.30. The first-order chi connectivity index (χ1) is 12.2. The van der Waals surface area contributed by atoms with Crippen molar-refractivity contribution in [1.29, 1.82) is 0 Å². The summed E-state index contributed by atoms with van der Waals surface area (Å²) in [7, 11) is 0. The SMILES string of the molecule is CCCCc1ccc(NC(=S)NCCSCc2ccccc2)c(C)c1. The summed E-state index contributed by atoms with van der Waals surface area (Å²) in [6.45, 7) is 5.23. The van der Waals surface area contributed by atoms with Crippen LogP contribution in [0.4, 0.5) is 5.69 Å². The molecule has 25 heavy (non-hydrogen) atoms. The summed E-state index contributed by atoms with van der Waals surface area (Å²) in [5.41, 5.74) is 5.11. The summed E-state index contributed by atoms with van der Waals surface area (Å²) >= 11 is 7.33. The summed E-state index contributed by atoms with van der Waals surface area (Å²) in [5.74, 6) is 2.08. The molecule has 0 aliphatic carbocycles. The Morgan fingerprint density at radius 3 is 2.60 bits per heavy atom. The summed E-state index contributed by atoms with van der Waals surface area (Å²) in [6.07, 6.45) is 3.63. The second-order valence-electron chi connectivity index (χ2n) is 6.17. The van der Waals surface area contributed by atoms with Gasteiger partial charge in [-0.2, -0.15) is 11.8 Å². The number of nitrogens with one attached hydrogen (secondary N) is 2. The van der Waals surface area contributed by atoms with E-state index >= 15 is 0 Å². The predicted molar refractivity (Wildman–Crippen MR) is 117 cm³/mol. The van der Waals surface area contributed by atoms with E-state index in [2.05, 4.69) is 73.0 Å². The number of thiocarbonyl (C=S) groups is 1. The van der Waals surface area contributed by atoms with Crippen molar-refractivity contribution in [3.63, 3.8) is 0 Å². The zero-order valence-corrected chi connectivity index (χ0v) is 16.8. The molecule has 2 rings (SSSR count). The fourth-order valence-electron chi connectivity index (χ4n) is 2.57. The summed E-state index contributed by atoms with van der Waals surface area (Å²) in [6, 6.07) is 17.2. The highest BCUT2D eigenvalue weighted by Gasteiger charge is 2.03. The summed E-state index contributed by atoms with van der Waals surface area (Å²) < 4.78 is 0. The van der Waals surface area contributed by atoms with E-state index in [0.717, 1.165) is 30.2 Å². The van der Waals surface area contributed by atoms with Crippen LogP contribution in [-0.2, 0) is 12.2 Å². The second kappa shape index (κ2) is 11.2. The average molecular weight is 373 g/mol. The first kappa shape index (κ1) is 19.8. The molecule has 2 aromatic rings. The van der Waals surface area contributed by atoms with Gasteiger partial charge in [-0.25, -0.2) is 0 Å². The first-order valence-corrected chi connectivity index (χ1v) is 10.5. The lowest BCUT2D eigenvalue weighted by atomic mass is 10.0. The molecule has 4 heteroatoms. The number of hydrogen-bond acceptors (Lipinski definition) is 2. The summed E-state index contributed by atoms with van der Waals surface area (Å²) in [4.78, 5) is 0. The van der Waals surface area contributed by atoms with Crippen LogP contribution in [0.3, 0.4) is 0 Å². The van der Waals surface area contributed by atoms with Gasteiger partial charge in [0.1, 0.15) is 0 Å². The molecule has 2 N–H and O–H groups in total. The molecule has 0 unspecified atom stereocenters. The van der Waals surface area contributed by atoms with Gasteiger partial charge in [0.25, 0.3) is 0 Å². The van der Waals surface area contributed by atoms with E-state index in [1.807, 2.05) is 11.8 Å². The molecule has 0 saturated heterocycles. The topological polar surface area (TPSA) is 24.1 Å². The van der Waals surface area contributed by atoms with Gasteiger partial charge in [0.2, 0.25) is 0 Å². The Labute approximate surface area is 161 Å². The summed E-state index contributed by atoms with van der Waals surface area (Å²) in [5, 5.41) is 7.31. The van der Waals surface area contributed by atoms with E-state index in [0.29, 0.717) is 5.11 Å². The normalized spacial score (nSPS) is 10.5. The highest BCUT2D eigenvalue weighted by Crippen LogP contribution is 2.18. The zero-order chi connectivity index (χ0) is 17.9. The minimum atomic E-state index is 0.699. The quantitative estimate of drug-likeness (QED) is 0.445. The fourth-order valence-corrected chi connectivity index (χ4v) is 3.60. The second-order valence-corrected chi connectivity index (χ2v) is 7.69. The Morgan fingerprint density at radius 1 is 1.08 bits per heavy atom. The smallest absolute Gasteiger partial charge is 0.170 e. The van der Waals surface area contributed by atoms with Crippen LogP contribution >= 0.6 is 24.0 Å². The van der Waals surface area contributed by atoms with Crippen molar-refractivity contribution in [2.24, 2.45) is 0 Å². The number of hydrogen-bond donors (Lipinski definition) is 2. The molecule has 0 amide bonds. The molecule has 134 valence electrons. The highest BCUT2D eigenvalue weighted by molar-refractivity contribution is 7.98. The Bertz CT molecular complexity index is 656. The van der Waals surface area contributed by atoms with E-state index in [1.54, 1.807) is 0 Å². The van der Waals surface area contributed by atoms with Crippen molar-refractivity contribution in [2.75, 3.05) is 17.6 Å².